The molecule has 0 heterocycles. The van der Waals surface area contributed by atoms with E-state index >= 15 is 0 Å². The number of carbonyl (C=O) groups is 1. The van der Waals surface area contributed by atoms with E-state index < -0.39 is 7.82 Å². The molecule has 0 bridgehead atoms. The number of quaternary nitrogens is 1. The predicted molar refractivity (Wildman–Crippen MR) is 156 cm³/mol. The van der Waals surface area contributed by atoms with Gasteiger partial charge in [0, 0.05) is 12.8 Å². The number of unbranched alkanes of at least 4 members (excludes halogenated alkanes) is 16. The van der Waals surface area contributed by atoms with E-state index in [1.807, 2.05) is 6.92 Å². The number of hydrogen-bond acceptors (Lipinski definition) is 4. The van der Waals surface area contributed by atoms with Gasteiger partial charge in [0.2, 0.25) is 0 Å². The molecule has 0 rings (SSSR count). The lowest BCUT2D eigenvalue weighted by Crippen LogP contribution is -3.05. The van der Waals surface area contributed by atoms with Crippen LogP contribution in [0, 0.1) is 5.92 Å². The van der Waals surface area contributed by atoms with Crippen molar-refractivity contribution < 1.29 is 28.2 Å². The van der Waals surface area contributed by atoms with E-state index in [1.54, 1.807) is 0 Å². The molecule has 0 saturated carbocycles. The Morgan fingerprint density at radius 2 is 1.22 bits per heavy atom. The third-order valence-corrected chi connectivity index (χ3v) is 8.16. The van der Waals surface area contributed by atoms with E-state index in [1.165, 1.54) is 94.8 Å². The van der Waals surface area contributed by atoms with Crippen LogP contribution in [0.15, 0.2) is 0 Å². The second-order valence-electron chi connectivity index (χ2n) is 11.3. The highest BCUT2D eigenvalue weighted by Crippen LogP contribution is 2.44. The minimum atomic E-state index is -4.06. The number of rotatable bonds is 29. The van der Waals surface area contributed by atoms with Gasteiger partial charge in [-0.2, -0.15) is 0 Å². The number of carbonyl (C=O) groups excluding carboxylic acids is 1. The van der Waals surface area contributed by atoms with Gasteiger partial charge < -0.3 is 9.79 Å². The Hall–Kier alpha value is -0.260. The zero-order chi connectivity index (χ0) is 27.6. The van der Waals surface area contributed by atoms with Crippen LogP contribution in [0.25, 0.3) is 0 Å². The molecule has 6 nitrogen and oxygen atoms in total. The smallest absolute Gasteiger partial charge is 0.340 e. The lowest BCUT2D eigenvalue weighted by molar-refractivity contribution is -0.858. The van der Waals surface area contributed by atoms with Crippen molar-refractivity contribution in [3.63, 3.8) is 0 Å². The highest BCUT2D eigenvalue weighted by atomic mass is 31.2. The van der Waals surface area contributed by atoms with Crippen LogP contribution in [0.2, 0.25) is 0 Å². The van der Waals surface area contributed by atoms with Crippen molar-refractivity contribution in [1.29, 1.82) is 0 Å². The van der Waals surface area contributed by atoms with Gasteiger partial charge in [-0.25, -0.2) is 4.57 Å². The first-order chi connectivity index (χ1) is 17.8. The molecule has 0 fully saturated rings. The minimum absolute atomic E-state index is 0.0134. The summed E-state index contributed by atoms with van der Waals surface area (Å²) < 4.78 is 22.6. The number of phosphoric ester groups is 1. The molecular formula is C30H63NO5P+. The molecule has 0 aliphatic carbocycles. The second kappa shape index (κ2) is 26.0. The highest BCUT2D eigenvalue weighted by Gasteiger charge is 2.24. The summed E-state index contributed by atoms with van der Waals surface area (Å²) in [5.74, 6) is 0.172. The van der Waals surface area contributed by atoms with E-state index in [2.05, 4.69) is 21.0 Å². The molecule has 0 radical (unpaired) electrons. The Balaban J connectivity index is 3.85. The summed E-state index contributed by atoms with van der Waals surface area (Å²) in [6, 6.07) is 0. The third kappa shape index (κ3) is 27.1. The van der Waals surface area contributed by atoms with Gasteiger partial charge in [-0.15, -0.1) is 0 Å². The van der Waals surface area contributed by atoms with Crippen LogP contribution in [-0.2, 0) is 18.4 Å². The van der Waals surface area contributed by atoms with Gasteiger partial charge >= 0.3 is 7.82 Å². The fraction of sp³-hybridized carbons (Fsp3) is 0.967. The van der Waals surface area contributed by atoms with Crippen LogP contribution in [-0.4, -0.2) is 44.5 Å². The molecule has 0 aromatic heterocycles. The summed E-state index contributed by atoms with van der Waals surface area (Å²) in [7, 11) is 0.106. The maximum absolute atomic E-state index is 12.2. The van der Waals surface area contributed by atoms with Gasteiger partial charge in [-0.1, -0.05) is 117 Å². The highest BCUT2D eigenvalue weighted by molar-refractivity contribution is 7.47. The monoisotopic (exact) mass is 548 g/mol. The molecule has 0 aromatic carbocycles. The van der Waals surface area contributed by atoms with E-state index in [-0.39, 0.29) is 24.9 Å². The van der Waals surface area contributed by atoms with E-state index in [0.29, 0.717) is 12.8 Å². The van der Waals surface area contributed by atoms with Crippen molar-refractivity contribution in [2.24, 2.45) is 5.92 Å². The molecule has 0 aromatic rings. The molecule has 0 saturated heterocycles. The van der Waals surface area contributed by atoms with Crippen molar-refractivity contribution >= 4 is 13.6 Å². The Morgan fingerprint density at radius 3 is 1.68 bits per heavy atom. The van der Waals surface area contributed by atoms with Gasteiger partial charge in [0.05, 0.1) is 33.9 Å². The summed E-state index contributed by atoms with van der Waals surface area (Å²) in [5, 5.41) is 0. The SMILES string of the molecule is CCCCCCCCCCCCCCCCCCC(COP(=O)(O)OCCCC[NH+](C)C)CC(=O)CC. The fourth-order valence-electron chi connectivity index (χ4n) is 4.69. The first-order valence-corrected chi connectivity index (χ1v) is 17.2. The Labute approximate surface area is 230 Å². The molecule has 2 atom stereocenters. The number of hydrogen-bond donors (Lipinski definition) is 2. The lowest BCUT2D eigenvalue weighted by atomic mass is 9.95. The van der Waals surface area contributed by atoms with E-state index in [0.717, 1.165) is 38.6 Å². The van der Waals surface area contributed by atoms with Crippen LogP contribution in [0.5, 0.6) is 0 Å². The lowest BCUT2D eigenvalue weighted by Gasteiger charge is -2.18. The van der Waals surface area contributed by atoms with Crippen LogP contribution >= 0.6 is 7.82 Å². The van der Waals surface area contributed by atoms with Gasteiger partial charge in [0.25, 0.3) is 0 Å². The average molecular weight is 549 g/mol. The molecule has 2 N–H and O–H groups in total. The second-order valence-corrected chi connectivity index (χ2v) is 12.8. The minimum Gasteiger partial charge on any atom is -0.340 e. The standard InChI is InChI=1S/C30H62NO5P/c1-5-7-8-9-10-11-12-13-14-15-16-17-18-19-20-21-24-29(27-30(32)6-2)28-36-37(33,34)35-26-23-22-25-31(3)4/h29H,5-28H2,1-4H3,(H,33,34)/p+1. The quantitative estimate of drug-likeness (QED) is 0.0740. The maximum Gasteiger partial charge on any atom is 0.472 e. The largest absolute Gasteiger partial charge is 0.472 e. The van der Waals surface area contributed by atoms with Crippen LogP contribution in [0.4, 0.5) is 0 Å². The van der Waals surface area contributed by atoms with Gasteiger partial charge in [-0.3, -0.25) is 13.8 Å². The zero-order valence-corrected chi connectivity index (χ0v) is 26.0. The zero-order valence-electron chi connectivity index (χ0n) is 25.1. The van der Waals surface area contributed by atoms with Crippen molar-refractivity contribution in [1.82, 2.24) is 0 Å². The maximum atomic E-state index is 12.2. The molecule has 222 valence electrons. The molecule has 0 aliphatic rings. The normalized spacial score (nSPS) is 14.2. The van der Waals surface area contributed by atoms with Crippen LogP contribution in [0.1, 0.15) is 149 Å². The summed E-state index contributed by atoms with van der Waals surface area (Å²) in [6.07, 6.45) is 24.8. The molecule has 37 heavy (non-hydrogen) atoms. The Kier molecular flexibility index (Phi) is 25.8. The summed E-state index contributed by atoms with van der Waals surface area (Å²) in [6.45, 7) is 5.47. The Morgan fingerprint density at radius 1 is 0.730 bits per heavy atom. The van der Waals surface area contributed by atoms with Crippen LogP contribution < -0.4 is 4.90 Å². The van der Waals surface area contributed by atoms with Crippen molar-refractivity contribution in [2.45, 2.75) is 149 Å². The number of nitrogens with one attached hydrogen (secondary N) is 1. The van der Waals surface area contributed by atoms with Gasteiger partial charge in [0.15, 0.2) is 0 Å². The number of phosphoric acid groups is 1. The molecule has 0 amide bonds. The first kappa shape index (κ1) is 36.7. The molecule has 0 spiro atoms. The van der Waals surface area contributed by atoms with Crippen molar-refractivity contribution in [3.05, 3.63) is 0 Å². The van der Waals surface area contributed by atoms with Crippen LogP contribution in [0.3, 0.4) is 0 Å². The molecule has 0 aliphatic heterocycles. The van der Waals surface area contributed by atoms with E-state index in [9.17, 15) is 14.3 Å². The molecular weight excluding hydrogens is 485 g/mol. The predicted octanol–water partition coefficient (Wildman–Crippen LogP) is 7.68. The summed E-state index contributed by atoms with van der Waals surface area (Å²) >= 11 is 0. The number of ketones is 1. The van der Waals surface area contributed by atoms with E-state index in [4.69, 9.17) is 9.05 Å². The average Bonchev–Trinajstić information content (AvgIpc) is 2.86. The van der Waals surface area contributed by atoms with Gasteiger partial charge in [-0.05, 0) is 25.2 Å². The summed E-state index contributed by atoms with van der Waals surface area (Å²) in [5.41, 5.74) is 0. The fourth-order valence-corrected chi connectivity index (χ4v) is 5.52. The first-order valence-electron chi connectivity index (χ1n) is 15.7. The van der Waals surface area contributed by atoms with Crippen molar-refractivity contribution in [2.75, 3.05) is 33.9 Å². The molecule has 2 unspecified atom stereocenters. The number of Topliss-reactive ketones (excluding diaryl/α,β-unsaturated/α-hetero) is 1. The summed E-state index contributed by atoms with van der Waals surface area (Å²) in [4.78, 5) is 23.3. The third-order valence-electron chi connectivity index (χ3n) is 7.18. The topological polar surface area (TPSA) is 77.3 Å². The molecule has 7 heteroatoms. The Bertz CT molecular complexity index is 558. The van der Waals surface area contributed by atoms with Gasteiger partial charge in [0.1, 0.15) is 5.78 Å². The van der Waals surface area contributed by atoms with Crippen molar-refractivity contribution in [3.8, 4) is 0 Å².